The summed E-state index contributed by atoms with van der Waals surface area (Å²) in [4.78, 5) is 2.51. The maximum Gasteiger partial charge on any atom is 0.123 e. The van der Waals surface area contributed by atoms with Gasteiger partial charge in [-0.3, -0.25) is 4.90 Å². The highest BCUT2D eigenvalue weighted by molar-refractivity contribution is 5.42. The van der Waals surface area contributed by atoms with Crippen molar-refractivity contribution in [1.29, 1.82) is 0 Å². The lowest BCUT2D eigenvalue weighted by molar-refractivity contribution is 0.0895. The minimum atomic E-state index is -0.0374. The topological polar surface area (TPSA) is 24.5 Å². The molecule has 0 saturated carbocycles. The molecule has 1 fully saturated rings. The number of nitrogens with one attached hydrogen (secondary N) is 1. The van der Waals surface area contributed by atoms with Gasteiger partial charge in [0.2, 0.25) is 0 Å². The smallest absolute Gasteiger partial charge is 0.123 e. The van der Waals surface area contributed by atoms with Crippen molar-refractivity contribution in [3.05, 3.63) is 29.3 Å². The molecule has 20 heavy (non-hydrogen) atoms. The van der Waals surface area contributed by atoms with Crippen LogP contribution in [0.15, 0.2) is 18.2 Å². The van der Waals surface area contributed by atoms with Crippen molar-refractivity contribution in [2.45, 2.75) is 51.8 Å². The van der Waals surface area contributed by atoms with Gasteiger partial charge in [-0.1, -0.05) is 12.1 Å². The van der Waals surface area contributed by atoms with Gasteiger partial charge >= 0.3 is 0 Å². The van der Waals surface area contributed by atoms with E-state index in [1.807, 2.05) is 0 Å². The second-order valence-corrected chi connectivity index (χ2v) is 6.69. The van der Waals surface area contributed by atoms with Crippen LogP contribution in [0.3, 0.4) is 0 Å². The van der Waals surface area contributed by atoms with Gasteiger partial charge in [0.15, 0.2) is 0 Å². The lowest BCUT2D eigenvalue weighted by Crippen LogP contribution is -2.38. The van der Waals surface area contributed by atoms with Gasteiger partial charge in [-0.15, -0.1) is 0 Å². The van der Waals surface area contributed by atoms with Gasteiger partial charge < -0.3 is 10.1 Å². The van der Waals surface area contributed by atoms with Gasteiger partial charge in [-0.2, -0.15) is 0 Å². The molecule has 0 radical (unpaired) electrons. The van der Waals surface area contributed by atoms with Crippen molar-refractivity contribution < 1.29 is 4.74 Å². The number of rotatable bonds is 3. The summed E-state index contributed by atoms with van der Waals surface area (Å²) >= 11 is 0. The van der Waals surface area contributed by atoms with Crippen molar-refractivity contribution in [1.82, 2.24) is 10.2 Å². The average molecular weight is 274 g/mol. The molecule has 110 valence electrons. The van der Waals surface area contributed by atoms with E-state index >= 15 is 0 Å². The van der Waals surface area contributed by atoms with Crippen LogP contribution in [0.25, 0.3) is 0 Å². The van der Waals surface area contributed by atoms with Crippen molar-refractivity contribution in [3.63, 3.8) is 0 Å². The highest BCUT2D eigenvalue weighted by Gasteiger charge is 2.37. The molecule has 3 heteroatoms. The zero-order chi connectivity index (χ0) is 14.2. The first-order chi connectivity index (χ1) is 9.57. The van der Waals surface area contributed by atoms with Crippen LogP contribution < -0.4 is 10.1 Å². The van der Waals surface area contributed by atoms with Crippen LogP contribution in [-0.2, 0) is 13.0 Å². The van der Waals surface area contributed by atoms with Crippen LogP contribution in [0.5, 0.6) is 5.75 Å². The van der Waals surface area contributed by atoms with Gasteiger partial charge in [0.05, 0.1) is 0 Å². The van der Waals surface area contributed by atoms with Crippen LogP contribution in [0.2, 0.25) is 0 Å². The van der Waals surface area contributed by atoms with Gasteiger partial charge in [0.1, 0.15) is 11.4 Å². The molecule has 3 rings (SSSR count). The van der Waals surface area contributed by atoms with E-state index in [1.54, 1.807) is 0 Å². The Hall–Kier alpha value is -1.06. The van der Waals surface area contributed by atoms with E-state index in [0.29, 0.717) is 6.04 Å². The van der Waals surface area contributed by atoms with Crippen LogP contribution in [-0.4, -0.2) is 36.2 Å². The number of hydrogen-bond acceptors (Lipinski definition) is 3. The van der Waals surface area contributed by atoms with E-state index in [1.165, 1.54) is 11.1 Å². The maximum atomic E-state index is 6.47. The Kier molecular flexibility index (Phi) is 3.74. The molecule has 3 nitrogen and oxygen atoms in total. The second-order valence-electron chi connectivity index (χ2n) is 6.69. The monoisotopic (exact) mass is 274 g/mol. The molecule has 1 aromatic rings. The minimum absolute atomic E-state index is 0.0374. The average Bonchev–Trinajstić information content (AvgIpc) is 2.82. The molecule has 2 aliphatic heterocycles. The van der Waals surface area contributed by atoms with Crippen LogP contribution in [0.4, 0.5) is 0 Å². The van der Waals surface area contributed by atoms with E-state index in [-0.39, 0.29) is 5.60 Å². The summed E-state index contributed by atoms with van der Waals surface area (Å²) < 4.78 is 6.47. The largest absolute Gasteiger partial charge is 0.486 e. The first-order valence-corrected chi connectivity index (χ1v) is 7.82. The third-order valence-corrected chi connectivity index (χ3v) is 4.65. The molecular weight excluding hydrogens is 248 g/mol. The van der Waals surface area contributed by atoms with Crippen molar-refractivity contribution in [2.75, 3.05) is 19.6 Å². The third kappa shape index (κ3) is 2.70. The minimum Gasteiger partial charge on any atom is -0.486 e. The molecule has 0 spiro atoms. The van der Waals surface area contributed by atoms with Crippen molar-refractivity contribution in [3.8, 4) is 5.75 Å². The zero-order valence-electron chi connectivity index (χ0n) is 12.9. The fraction of sp³-hybridized carbons (Fsp3) is 0.647. The zero-order valence-corrected chi connectivity index (χ0v) is 12.9. The molecular formula is C17H26N2O. The van der Waals surface area contributed by atoms with Gasteiger partial charge in [-0.05, 0) is 50.9 Å². The molecule has 1 aromatic carbocycles. The number of likely N-dealkylation sites (tertiary alicyclic amines) is 1. The van der Waals surface area contributed by atoms with Gasteiger partial charge in [0.25, 0.3) is 0 Å². The number of nitrogens with zero attached hydrogens (tertiary/aromatic N) is 1. The third-order valence-electron chi connectivity index (χ3n) is 4.65. The summed E-state index contributed by atoms with van der Waals surface area (Å²) in [5, 5.41) is 3.43. The highest BCUT2D eigenvalue weighted by atomic mass is 16.5. The molecule has 1 N–H and O–H groups in total. The first kappa shape index (κ1) is 13.9. The summed E-state index contributed by atoms with van der Waals surface area (Å²) in [6.07, 6.45) is 2.20. The number of fused-ring (bicyclic) bond motifs is 1. The lowest BCUT2D eigenvalue weighted by Gasteiger charge is -2.30. The maximum absolute atomic E-state index is 6.47. The van der Waals surface area contributed by atoms with E-state index in [4.69, 9.17) is 4.74 Å². The fourth-order valence-corrected chi connectivity index (χ4v) is 3.35. The Labute approximate surface area is 122 Å². The molecule has 1 saturated heterocycles. The van der Waals surface area contributed by atoms with Crippen LogP contribution >= 0.6 is 0 Å². The SMILES string of the molecule is CC(C)N1CCC(C)(Oc2cccc3c2CCNC3)C1. The Morgan fingerprint density at radius 3 is 2.95 bits per heavy atom. The summed E-state index contributed by atoms with van der Waals surface area (Å²) in [5.74, 6) is 1.11. The van der Waals surface area contributed by atoms with Crippen molar-refractivity contribution >= 4 is 0 Å². The first-order valence-electron chi connectivity index (χ1n) is 7.82. The second kappa shape index (κ2) is 5.38. The quantitative estimate of drug-likeness (QED) is 0.917. The van der Waals surface area contributed by atoms with E-state index in [2.05, 4.69) is 49.2 Å². The summed E-state index contributed by atoms with van der Waals surface area (Å²) in [6.45, 7) is 11.0. The van der Waals surface area contributed by atoms with E-state index in [9.17, 15) is 0 Å². The standard InChI is InChI=1S/C17H26N2O/c1-13(2)19-10-8-17(3,12-19)20-16-6-4-5-14-11-18-9-7-15(14)16/h4-6,13,18H,7-12H2,1-3H3. The molecule has 1 atom stereocenters. The predicted octanol–water partition coefficient (Wildman–Crippen LogP) is 2.58. The molecule has 0 bridgehead atoms. The van der Waals surface area contributed by atoms with Crippen LogP contribution in [0, 0.1) is 0 Å². The molecule has 0 aromatic heterocycles. The Balaban J connectivity index is 1.78. The number of hydrogen-bond donors (Lipinski definition) is 1. The molecule has 0 amide bonds. The van der Waals surface area contributed by atoms with E-state index in [0.717, 1.165) is 44.8 Å². The molecule has 2 heterocycles. The number of benzene rings is 1. The highest BCUT2D eigenvalue weighted by Crippen LogP contribution is 2.33. The van der Waals surface area contributed by atoms with Gasteiger partial charge in [0, 0.05) is 32.1 Å². The van der Waals surface area contributed by atoms with Crippen LogP contribution in [0.1, 0.15) is 38.3 Å². The van der Waals surface area contributed by atoms with Crippen molar-refractivity contribution in [2.24, 2.45) is 0 Å². The Morgan fingerprint density at radius 2 is 2.20 bits per heavy atom. The summed E-state index contributed by atoms with van der Waals surface area (Å²) in [5.41, 5.74) is 2.77. The predicted molar refractivity (Wildman–Crippen MR) is 82.2 cm³/mol. The summed E-state index contributed by atoms with van der Waals surface area (Å²) in [6, 6.07) is 7.09. The Morgan fingerprint density at radius 1 is 1.35 bits per heavy atom. The number of ether oxygens (including phenoxy) is 1. The summed E-state index contributed by atoms with van der Waals surface area (Å²) in [7, 11) is 0. The van der Waals surface area contributed by atoms with E-state index < -0.39 is 0 Å². The molecule has 1 unspecified atom stereocenters. The Bertz CT molecular complexity index is 486. The molecule has 0 aliphatic carbocycles. The molecule has 2 aliphatic rings. The fourth-order valence-electron chi connectivity index (χ4n) is 3.35. The normalized spacial score (nSPS) is 26.8. The lowest BCUT2D eigenvalue weighted by atomic mass is 9.99. The van der Waals surface area contributed by atoms with Gasteiger partial charge in [-0.25, -0.2) is 0 Å².